The highest BCUT2D eigenvalue weighted by atomic mass is 16.5. The van der Waals surface area contributed by atoms with Gasteiger partial charge in [0.05, 0.1) is 19.6 Å². The lowest BCUT2D eigenvalue weighted by Gasteiger charge is -2.22. The van der Waals surface area contributed by atoms with Crippen LogP contribution in [0, 0.1) is 5.41 Å². The number of esters is 1. The minimum absolute atomic E-state index is 0.0792. The Labute approximate surface area is 120 Å². The molecule has 112 valence electrons. The van der Waals surface area contributed by atoms with E-state index < -0.39 is 5.41 Å². The van der Waals surface area contributed by atoms with E-state index in [1.54, 1.807) is 27.0 Å². The van der Waals surface area contributed by atoms with Crippen LogP contribution in [0.5, 0.6) is 11.5 Å². The molecule has 0 aliphatic rings. The Morgan fingerprint density at radius 1 is 1.30 bits per heavy atom. The number of benzene rings is 1. The Kier molecular flexibility index (Phi) is 5.39. The first kappa shape index (κ1) is 16.3. The average Bonchev–Trinajstić information content (AvgIpc) is 2.43. The summed E-state index contributed by atoms with van der Waals surface area (Å²) in [5, 5.41) is 0. The van der Waals surface area contributed by atoms with Gasteiger partial charge in [-0.3, -0.25) is 4.79 Å². The van der Waals surface area contributed by atoms with E-state index in [0.29, 0.717) is 11.5 Å². The molecule has 0 aliphatic carbocycles. The highest BCUT2D eigenvalue weighted by molar-refractivity contribution is 5.75. The number of ether oxygens (including phenoxy) is 3. The molecular formula is C15H23NO4. The predicted octanol–water partition coefficient (Wildman–Crippen LogP) is 2.29. The van der Waals surface area contributed by atoms with Gasteiger partial charge in [0.2, 0.25) is 0 Å². The first-order chi connectivity index (χ1) is 9.31. The van der Waals surface area contributed by atoms with Crippen LogP contribution in [0.15, 0.2) is 18.2 Å². The first-order valence-electron chi connectivity index (χ1n) is 6.46. The van der Waals surface area contributed by atoms with E-state index >= 15 is 0 Å². The molecule has 5 nitrogen and oxygen atoms in total. The highest BCUT2D eigenvalue weighted by Gasteiger charge is 2.30. The normalized spacial score (nSPS) is 12.7. The van der Waals surface area contributed by atoms with Crippen molar-refractivity contribution in [1.82, 2.24) is 0 Å². The third kappa shape index (κ3) is 3.87. The summed E-state index contributed by atoms with van der Waals surface area (Å²) in [5.74, 6) is 0.859. The maximum Gasteiger partial charge on any atom is 0.314 e. The Bertz CT molecular complexity index is 469. The summed E-state index contributed by atoms with van der Waals surface area (Å²) >= 11 is 0. The van der Waals surface area contributed by atoms with Crippen LogP contribution in [-0.4, -0.2) is 26.8 Å². The molecule has 0 spiro atoms. The van der Waals surface area contributed by atoms with Gasteiger partial charge in [-0.25, -0.2) is 0 Å². The number of hydrogen-bond acceptors (Lipinski definition) is 5. The van der Waals surface area contributed by atoms with Gasteiger partial charge in [0.25, 0.3) is 0 Å². The molecule has 0 amide bonds. The van der Waals surface area contributed by atoms with Crippen molar-refractivity contribution in [2.75, 3.05) is 20.8 Å². The van der Waals surface area contributed by atoms with Crippen LogP contribution < -0.4 is 15.2 Å². The van der Waals surface area contributed by atoms with Crippen molar-refractivity contribution < 1.29 is 19.0 Å². The van der Waals surface area contributed by atoms with Crippen molar-refractivity contribution >= 4 is 5.97 Å². The maximum absolute atomic E-state index is 11.6. The number of carbonyl (C=O) groups is 1. The molecule has 0 fully saturated rings. The van der Waals surface area contributed by atoms with Crippen molar-refractivity contribution in [2.45, 2.75) is 26.8 Å². The zero-order valence-electron chi connectivity index (χ0n) is 12.7. The topological polar surface area (TPSA) is 70.8 Å². The Morgan fingerprint density at radius 2 is 1.95 bits per heavy atom. The summed E-state index contributed by atoms with van der Waals surface area (Å²) in [6, 6.07) is 5.44. The van der Waals surface area contributed by atoms with Crippen molar-refractivity contribution in [3.05, 3.63) is 23.8 Å². The summed E-state index contributed by atoms with van der Waals surface area (Å²) in [6.45, 7) is 5.63. The van der Waals surface area contributed by atoms with Gasteiger partial charge in [0.1, 0.15) is 6.61 Å². The molecule has 0 aromatic heterocycles. The number of methoxy groups -OCH3 is 2. The van der Waals surface area contributed by atoms with Gasteiger partial charge in [-0.15, -0.1) is 0 Å². The minimum atomic E-state index is -0.723. The van der Waals surface area contributed by atoms with E-state index in [1.165, 1.54) is 7.11 Å². The molecule has 1 rings (SSSR count). The summed E-state index contributed by atoms with van der Waals surface area (Å²) in [6.07, 6.45) is 0. The molecular weight excluding hydrogens is 258 g/mol. The smallest absolute Gasteiger partial charge is 0.314 e. The third-order valence-corrected chi connectivity index (χ3v) is 3.04. The summed E-state index contributed by atoms with van der Waals surface area (Å²) in [5.41, 5.74) is 6.07. The third-order valence-electron chi connectivity index (χ3n) is 3.04. The number of hydrogen-bond donors (Lipinski definition) is 1. The quantitative estimate of drug-likeness (QED) is 0.810. The second-order valence-electron chi connectivity index (χ2n) is 5.36. The largest absolute Gasteiger partial charge is 0.493 e. The molecule has 0 radical (unpaired) electrons. The van der Waals surface area contributed by atoms with Gasteiger partial charge < -0.3 is 19.9 Å². The second-order valence-corrected chi connectivity index (χ2v) is 5.36. The van der Waals surface area contributed by atoms with Crippen LogP contribution in [0.25, 0.3) is 0 Å². The molecule has 0 aliphatic heterocycles. The summed E-state index contributed by atoms with van der Waals surface area (Å²) in [4.78, 5) is 11.6. The van der Waals surface area contributed by atoms with Crippen LogP contribution in [0.4, 0.5) is 0 Å². The Hall–Kier alpha value is -1.75. The fourth-order valence-corrected chi connectivity index (χ4v) is 1.68. The maximum atomic E-state index is 11.6. The molecule has 2 N–H and O–H groups in total. The monoisotopic (exact) mass is 281 g/mol. The van der Waals surface area contributed by atoms with Gasteiger partial charge in [-0.2, -0.15) is 0 Å². The van der Waals surface area contributed by atoms with E-state index in [4.69, 9.17) is 19.9 Å². The van der Waals surface area contributed by atoms with Gasteiger partial charge in [-0.05, 0) is 38.5 Å². The van der Waals surface area contributed by atoms with Crippen LogP contribution in [-0.2, 0) is 9.53 Å². The molecule has 20 heavy (non-hydrogen) atoms. The van der Waals surface area contributed by atoms with E-state index in [2.05, 4.69) is 0 Å². The van der Waals surface area contributed by atoms with Crippen molar-refractivity contribution in [3.63, 3.8) is 0 Å². The van der Waals surface area contributed by atoms with Crippen molar-refractivity contribution in [3.8, 4) is 11.5 Å². The molecule has 0 heterocycles. The molecule has 1 aromatic carbocycles. The fraction of sp³-hybridized carbons (Fsp3) is 0.533. The minimum Gasteiger partial charge on any atom is -0.493 e. The average molecular weight is 281 g/mol. The number of rotatable bonds is 6. The molecule has 1 unspecified atom stereocenters. The van der Waals surface area contributed by atoms with Crippen LogP contribution in [0.2, 0.25) is 0 Å². The second kappa shape index (κ2) is 6.61. The number of nitrogens with two attached hydrogens (primary N) is 1. The van der Waals surface area contributed by atoms with Crippen LogP contribution in [0.1, 0.15) is 32.4 Å². The van der Waals surface area contributed by atoms with E-state index in [0.717, 1.165) is 5.56 Å². The predicted molar refractivity (Wildman–Crippen MR) is 76.9 cm³/mol. The number of carbonyl (C=O) groups excluding carboxylic acids is 1. The molecule has 0 saturated heterocycles. The van der Waals surface area contributed by atoms with Crippen molar-refractivity contribution in [2.24, 2.45) is 11.1 Å². The van der Waals surface area contributed by atoms with E-state index in [-0.39, 0.29) is 18.6 Å². The van der Waals surface area contributed by atoms with Crippen LogP contribution in [0.3, 0.4) is 0 Å². The molecule has 1 aromatic rings. The zero-order valence-corrected chi connectivity index (χ0v) is 12.7. The Morgan fingerprint density at radius 3 is 2.45 bits per heavy atom. The highest BCUT2D eigenvalue weighted by Crippen LogP contribution is 2.31. The fourth-order valence-electron chi connectivity index (χ4n) is 1.68. The van der Waals surface area contributed by atoms with E-state index in [9.17, 15) is 4.79 Å². The zero-order chi connectivity index (χ0) is 15.3. The lowest BCUT2D eigenvalue weighted by molar-refractivity contribution is -0.152. The van der Waals surface area contributed by atoms with Gasteiger partial charge in [0, 0.05) is 6.04 Å². The molecule has 1 atom stereocenters. The van der Waals surface area contributed by atoms with E-state index in [1.807, 2.05) is 19.1 Å². The molecule has 0 bridgehead atoms. The molecule has 0 saturated carbocycles. The summed E-state index contributed by atoms with van der Waals surface area (Å²) < 4.78 is 15.7. The lowest BCUT2D eigenvalue weighted by Crippen LogP contribution is -2.32. The van der Waals surface area contributed by atoms with Crippen LogP contribution >= 0.6 is 0 Å². The van der Waals surface area contributed by atoms with Gasteiger partial charge in [0.15, 0.2) is 11.5 Å². The standard InChI is InChI=1S/C15H23NO4/c1-10(16)11-6-7-12(13(8-11)18-4)20-9-15(2,3)14(17)19-5/h6-8,10H,9,16H2,1-5H3. The lowest BCUT2D eigenvalue weighted by atomic mass is 9.95. The van der Waals surface area contributed by atoms with Gasteiger partial charge in [-0.1, -0.05) is 6.07 Å². The summed E-state index contributed by atoms with van der Waals surface area (Å²) in [7, 11) is 2.93. The SMILES string of the molecule is COC(=O)C(C)(C)COc1ccc(C(C)N)cc1OC. The molecule has 5 heteroatoms. The first-order valence-corrected chi connectivity index (χ1v) is 6.46. The Balaban J connectivity index is 2.85. The van der Waals surface area contributed by atoms with Gasteiger partial charge >= 0.3 is 5.97 Å². The van der Waals surface area contributed by atoms with Crippen molar-refractivity contribution in [1.29, 1.82) is 0 Å².